The van der Waals surface area contributed by atoms with E-state index in [1.807, 2.05) is 0 Å². The molecule has 0 fully saturated rings. The van der Waals surface area contributed by atoms with E-state index in [0.29, 0.717) is 16.9 Å². The molecule has 3 aromatic rings. The first-order valence-corrected chi connectivity index (χ1v) is 10.1. The molecule has 0 aliphatic carbocycles. The zero-order chi connectivity index (χ0) is 24.0. The van der Waals surface area contributed by atoms with Crippen LogP contribution in [0.5, 0.6) is 5.75 Å². The molecular weight excluding hydrogens is 435 g/mol. The van der Waals surface area contributed by atoms with Gasteiger partial charge in [-0.3, -0.25) is 4.79 Å². The minimum Gasteiger partial charge on any atom is -0.497 e. The zero-order valence-corrected chi connectivity index (χ0v) is 18.0. The summed E-state index contributed by atoms with van der Waals surface area (Å²) < 4.78 is 48.9. The van der Waals surface area contributed by atoms with Crippen LogP contribution in [0.3, 0.4) is 0 Å². The Morgan fingerprint density at radius 1 is 0.939 bits per heavy atom. The number of esters is 1. The van der Waals surface area contributed by atoms with Gasteiger partial charge in [0.05, 0.1) is 18.2 Å². The van der Waals surface area contributed by atoms with Gasteiger partial charge >= 0.3 is 12.1 Å². The van der Waals surface area contributed by atoms with Crippen LogP contribution >= 0.6 is 0 Å². The summed E-state index contributed by atoms with van der Waals surface area (Å²) in [6.45, 7) is 1.69. The number of halogens is 3. The number of methoxy groups -OCH3 is 1. The molecule has 0 bridgehead atoms. The van der Waals surface area contributed by atoms with Crippen molar-refractivity contribution in [3.05, 3.63) is 89.5 Å². The Kier molecular flexibility index (Phi) is 7.37. The quantitative estimate of drug-likeness (QED) is 0.493. The van der Waals surface area contributed by atoms with Crippen molar-refractivity contribution in [3.63, 3.8) is 0 Å². The van der Waals surface area contributed by atoms with Crippen molar-refractivity contribution >= 4 is 11.9 Å². The van der Waals surface area contributed by atoms with E-state index in [2.05, 4.69) is 5.32 Å². The molecule has 1 amide bonds. The molecule has 33 heavy (non-hydrogen) atoms. The number of nitrogens with one attached hydrogen (secondary N) is 1. The lowest BCUT2D eigenvalue weighted by atomic mass is 9.98. The maximum Gasteiger partial charge on any atom is 0.416 e. The van der Waals surface area contributed by atoms with E-state index in [9.17, 15) is 22.8 Å². The summed E-state index contributed by atoms with van der Waals surface area (Å²) >= 11 is 0. The number of rotatable bonds is 7. The maximum absolute atomic E-state index is 12.8. The van der Waals surface area contributed by atoms with E-state index in [0.717, 1.165) is 17.7 Å². The van der Waals surface area contributed by atoms with Gasteiger partial charge in [-0.05, 0) is 53.9 Å². The van der Waals surface area contributed by atoms with Crippen molar-refractivity contribution in [2.75, 3.05) is 7.11 Å². The standard InChI is InChI=1S/C25H22F3NO4/c1-16(23(30)29-15-17-7-13-20(32-2)14-8-17)33-24(31)22-6-4-3-5-21(22)18-9-11-19(12-10-18)25(26,27)28/h3-14,16H,15H2,1-2H3,(H,29,30)/t16-/m0/s1. The van der Waals surface area contributed by atoms with Crippen molar-refractivity contribution in [2.45, 2.75) is 25.7 Å². The van der Waals surface area contributed by atoms with Gasteiger partial charge in [-0.15, -0.1) is 0 Å². The average molecular weight is 457 g/mol. The second kappa shape index (κ2) is 10.2. The molecule has 1 atom stereocenters. The van der Waals surface area contributed by atoms with Crippen molar-refractivity contribution in [1.82, 2.24) is 5.32 Å². The summed E-state index contributed by atoms with van der Waals surface area (Å²) in [6, 6.07) is 18.0. The summed E-state index contributed by atoms with van der Waals surface area (Å²) in [7, 11) is 1.56. The molecule has 0 aliphatic heterocycles. The molecule has 0 aliphatic rings. The van der Waals surface area contributed by atoms with Crippen LogP contribution in [0.1, 0.15) is 28.4 Å². The van der Waals surface area contributed by atoms with Gasteiger partial charge in [0.1, 0.15) is 5.75 Å². The van der Waals surface area contributed by atoms with Crippen molar-refractivity contribution in [1.29, 1.82) is 0 Å². The number of carbonyl (C=O) groups excluding carboxylic acids is 2. The van der Waals surface area contributed by atoms with Gasteiger partial charge in [0.2, 0.25) is 0 Å². The Hall–Kier alpha value is -3.81. The van der Waals surface area contributed by atoms with Crippen LogP contribution in [0.2, 0.25) is 0 Å². The summed E-state index contributed by atoms with van der Waals surface area (Å²) in [5.74, 6) is -0.539. The van der Waals surface area contributed by atoms with Crippen LogP contribution in [0, 0.1) is 0 Å². The SMILES string of the molecule is COc1ccc(CNC(=O)[C@H](C)OC(=O)c2ccccc2-c2ccc(C(F)(F)F)cc2)cc1. The Morgan fingerprint density at radius 2 is 1.58 bits per heavy atom. The monoisotopic (exact) mass is 457 g/mol. The molecule has 8 heteroatoms. The van der Waals surface area contributed by atoms with E-state index in [1.54, 1.807) is 49.6 Å². The molecular formula is C25H22F3NO4. The molecule has 0 heterocycles. The van der Waals surface area contributed by atoms with Crippen LogP contribution in [0.4, 0.5) is 13.2 Å². The number of carbonyl (C=O) groups is 2. The largest absolute Gasteiger partial charge is 0.497 e. The van der Waals surface area contributed by atoms with Crippen LogP contribution < -0.4 is 10.1 Å². The van der Waals surface area contributed by atoms with Crippen LogP contribution in [-0.2, 0) is 22.3 Å². The fourth-order valence-corrected chi connectivity index (χ4v) is 3.11. The third kappa shape index (κ3) is 6.12. The average Bonchev–Trinajstić information content (AvgIpc) is 2.82. The van der Waals surface area contributed by atoms with E-state index >= 15 is 0 Å². The third-order valence-electron chi connectivity index (χ3n) is 4.95. The highest BCUT2D eigenvalue weighted by atomic mass is 19.4. The van der Waals surface area contributed by atoms with E-state index in [1.165, 1.54) is 25.1 Å². The van der Waals surface area contributed by atoms with E-state index < -0.39 is 29.7 Å². The number of benzene rings is 3. The molecule has 0 aromatic heterocycles. The predicted octanol–water partition coefficient (Wildman–Crippen LogP) is 5.24. The number of hydrogen-bond acceptors (Lipinski definition) is 4. The maximum atomic E-state index is 12.8. The number of hydrogen-bond donors (Lipinski definition) is 1. The van der Waals surface area contributed by atoms with Gasteiger partial charge in [0.15, 0.2) is 6.10 Å². The van der Waals surface area contributed by atoms with Gasteiger partial charge in [-0.25, -0.2) is 4.79 Å². The number of ether oxygens (including phenoxy) is 2. The molecule has 0 saturated carbocycles. The third-order valence-corrected chi connectivity index (χ3v) is 4.95. The Morgan fingerprint density at radius 3 is 2.18 bits per heavy atom. The Balaban J connectivity index is 1.66. The number of amides is 1. The summed E-state index contributed by atoms with van der Waals surface area (Å²) in [5.41, 5.74) is 1.03. The van der Waals surface area contributed by atoms with Crippen molar-refractivity contribution < 1.29 is 32.2 Å². The minimum absolute atomic E-state index is 0.145. The molecule has 3 aromatic carbocycles. The smallest absolute Gasteiger partial charge is 0.416 e. The van der Waals surface area contributed by atoms with Crippen LogP contribution in [-0.4, -0.2) is 25.1 Å². The highest BCUT2D eigenvalue weighted by Gasteiger charge is 2.30. The first kappa shape index (κ1) is 23.8. The molecule has 5 nitrogen and oxygen atoms in total. The fourth-order valence-electron chi connectivity index (χ4n) is 3.11. The minimum atomic E-state index is -4.45. The Bertz CT molecular complexity index is 1110. The molecule has 0 unspecified atom stereocenters. The zero-order valence-electron chi connectivity index (χ0n) is 18.0. The van der Waals surface area contributed by atoms with Gasteiger partial charge < -0.3 is 14.8 Å². The van der Waals surface area contributed by atoms with E-state index in [4.69, 9.17) is 9.47 Å². The summed E-state index contributed by atoms with van der Waals surface area (Å²) in [6.07, 6.45) is -5.53. The van der Waals surface area contributed by atoms with Crippen molar-refractivity contribution in [3.8, 4) is 16.9 Å². The second-order valence-corrected chi connectivity index (χ2v) is 7.23. The first-order valence-electron chi connectivity index (χ1n) is 10.1. The summed E-state index contributed by atoms with van der Waals surface area (Å²) in [4.78, 5) is 25.1. The van der Waals surface area contributed by atoms with E-state index in [-0.39, 0.29) is 12.1 Å². The normalized spacial score (nSPS) is 12.0. The Labute approximate surface area is 189 Å². The first-order chi connectivity index (χ1) is 15.7. The van der Waals surface area contributed by atoms with Gasteiger partial charge in [0, 0.05) is 6.54 Å². The second-order valence-electron chi connectivity index (χ2n) is 7.23. The van der Waals surface area contributed by atoms with Crippen LogP contribution in [0.15, 0.2) is 72.8 Å². The molecule has 0 saturated heterocycles. The van der Waals surface area contributed by atoms with Gasteiger partial charge in [-0.1, -0.05) is 42.5 Å². The summed E-state index contributed by atoms with van der Waals surface area (Å²) in [5, 5.41) is 2.70. The fraction of sp³-hybridized carbons (Fsp3) is 0.200. The number of alkyl halides is 3. The molecule has 172 valence electrons. The topological polar surface area (TPSA) is 64.6 Å². The van der Waals surface area contributed by atoms with Crippen molar-refractivity contribution in [2.24, 2.45) is 0 Å². The lowest BCUT2D eigenvalue weighted by Gasteiger charge is -2.16. The predicted molar refractivity (Wildman–Crippen MR) is 117 cm³/mol. The lowest BCUT2D eigenvalue weighted by molar-refractivity contribution is -0.137. The van der Waals surface area contributed by atoms with Crippen LogP contribution in [0.25, 0.3) is 11.1 Å². The van der Waals surface area contributed by atoms with Gasteiger partial charge in [-0.2, -0.15) is 13.2 Å². The highest BCUT2D eigenvalue weighted by Crippen LogP contribution is 2.32. The highest BCUT2D eigenvalue weighted by molar-refractivity contribution is 5.98. The van der Waals surface area contributed by atoms with Gasteiger partial charge in [0.25, 0.3) is 5.91 Å². The molecule has 0 spiro atoms. The molecule has 0 radical (unpaired) electrons. The molecule has 3 rings (SSSR count). The lowest BCUT2D eigenvalue weighted by Crippen LogP contribution is -2.35. The molecule has 1 N–H and O–H groups in total.